The minimum atomic E-state index is 0.384. The molecule has 0 aliphatic rings. The van der Waals surface area contributed by atoms with Crippen molar-refractivity contribution in [1.82, 2.24) is 0 Å². The maximum Gasteiger partial charge on any atom is -0.0245 e. The van der Waals surface area contributed by atoms with Gasteiger partial charge in [-0.05, 0) is 43.4 Å². The predicted octanol–water partition coefficient (Wildman–Crippen LogP) is 5.75. The van der Waals surface area contributed by atoms with Crippen molar-refractivity contribution in [2.24, 2.45) is 10.8 Å². The summed E-state index contributed by atoms with van der Waals surface area (Å²) in [5.41, 5.74) is 0.805. The smallest absolute Gasteiger partial charge is 0.0245 e. The van der Waals surface area contributed by atoms with E-state index >= 15 is 0 Å². The molecule has 0 heteroatoms. The summed E-state index contributed by atoms with van der Waals surface area (Å²) in [5.74, 6) is 0. The fourth-order valence-electron chi connectivity index (χ4n) is 1.80. The summed E-state index contributed by atoms with van der Waals surface area (Å²) in [6.45, 7) is 13.8. The lowest BCUT2D eigenvalue weighted by Crippen LogP contribution is -2.31. The molecule has 0 aromatic rings. The van der Waals surface area contributed by atoms with Gasteiger partial charge in [0.2, 0.25) is 0 Å². The summed E-state index contributed by atoms with van der Waals surface area (Å²) in [6.07, 6.45) is 13.8. The third-order valence-corrected chi connectivity index (χ3v) is 4.06. The molecule has 0 saturated heterocycles. The van der Waals surface area contributed by atoms with E-state index < -0.39 is 0 Å². The summed E-state index contributed by atoms with van der Waals surface area (Å²) in [6, 6.07) is 0. The standard InChI is InChI=1S/C16H30/c1-7-9-10-11-12-13-14-16(6,8-2)15(3,4)5/h7,9,12-13H,8,10-11,14H2,1-6H3. The van der Waals surface area contributed by atoms with Crippen LogP contribution in [0.25, 0.3) is 0 Å². The van der Waals surface area contributed by atoms with Crippen molar-refractivity contribution in [3.63, 3.8) is 0 Å². The highest BCUT2D eigenvalue weighted by molar-refractivity contribution is 4.95. The van der Waals surface area contributed by atoms with Crippen molar-refractivity contribution in [2.75, 3.05) is 0 Å². The lowest BCUT2D eigenvalue weighted by atomic mass is 9.64. The molecule has 1 atom stereocenters. The van der Waals surface area contributed by atoms with Crippen LogP contribution >= 0.6 is 0 Å². The average molecular weight is 222 g/mol. The van der Waals surface area contributed by atoms with Gasteiger partial charge in [-0.2, -0.15) is 0 Å². The highest BCUT2D eigenvalue weighted by Crippen LogP contribution is 2.44. The molecule has 0 aliphatic heterocycles. The molecule has 0 fully saturated rings. The molecule has 16 heavy (non-hydrogen) atoms. The third kappa shape index (κ3) is 5.01. The molecule has 0 amide bonds. The first-order valence-corrected chi connectivity index (χ1v) is 6.63. The molecule has 0 rings (SSSR count). The zero-order chi connectivity index (χ0) is 12.7. The van der Waals surface area contributed by atoms with Gasteiger partial charge in [0, 0.05) is 0 Å². The Balaban J connectivity index is 4.15. The molecular formula is C16H30. The number of rotatable bonds is 6. The Labute approximate surface area is 103 Å². The van der Waals surface area contributed by atoms with Gasteiger partial charge in [0.05, 0.1) is 0 Å². The van der Waals surface area contributed by atoms with E-state index in [0.29, 0.717) is 10.8 Å². The van der Waals surface area contributed by atoms with Crippen LogP contribution in [-0.2, 0) is 0 Å². The Hall–Kier alpha value is -0.520. The van der Waals surface area contributed by atoms with E-state index in [2.05, 4.69) is 65.8 Å². The molecule has 0 aliphatic carbocycles. The van der Waals surface area contributed by atoms with Gasteiger partial charge in [-0.3, -0.25) is 0 Å². The number of unbranched alkanes of at least 4 members (excludes halogenated alkanes) is 1. The molecule has 0 N–H and O–H groups in total. The zero-order valence-corrected chi connectivity index (χ0v) is 12.1. The van der Waals surface area contributed by atoms with Crippen LogP contribution in [0.1, 0.15) is 67.2 Å². The van der Waals surface area contributed by atoms with Crippen LogP contribution in [0.3, 0.4) is 0 Å². The molecule has 0 spiro atoms. The van der Waals surface area contributed by atoms with E-state index in [9.17, 15) is 0 Å². The maximum atomic E-state index is 2.41. The summed E-state index contributed by atoms with van der Waals surface area (Å²) in [5, 5.41) is 0. The monoisotopic (exact) mass is 222 g/mol. The number of allylic oxidation sites excluding steroid dienone is 4. The summed E-state index contributed by atoms with van der Waals surface area (Å²) in [4.78, 5) is 0. The molecular weight excluding hydrogens is 192 g/mol. The van der Waals surface area contributed by atoms with E-state index in [1.165, 1.54) is 25.7 Å². The van der Waals surface area contributed by atoms with Gasteiger partial charge in [0.15, 0.2) is 0 Å². The van der Waals surface area contributed by atoms with Crippen LogP contribution in [0.5, 0.6) is 0 Å². The lowest BCUT2D eigenvalue weighted by molar-refractivity contribution is 0.106. The minimum Gasteiger partial charge on any atom is -0.0917 e. The van der Waals surface area contributed by atoms with Crippen molar-refractivity contribution >= 4 is 0 Å². The molecule has 0 heterocycles. The summed E-state index contributed by atoms with van der Waals surface area (Å²) in [7, 11) is 0. The summed E-state index contributed by atoms with van der Waals surface area (Å²) >= 11 is 0. The molecule has 0 nitrogen and oxygen atoms in total. The Bertz CT molecular complexity index is 227. The first kappa shape index (κ1) is 15.5. The van der Waals surface area contributed by atoms with Gasteiger partial charge in [-0.25, -0.2) is 0 Å². The van der Waals surface area contributed by atoms with E-state index in [4.69, 9.17) is 0 Å². The van der Waals surface area contributed by atoms with Crippen LogP contribution in [0.4, 0.5) is 0 Å². The first-order valence-electron chi connectivity index (χ1n) is 6.63. The van der Waals surface area contributed by atoms with Crippen molar-refractivity contribution in [3.05, 3.63) is 24.3 Å². The predicted molar refractivity (Wildman–Crippen MR) is 75.7 cm³/mol. The molecule has 94 valence electrons. The average Bonchev–Trinajstić information content (AvgIpc) is 2.21. The van der Waals surface area contributed by atoms with Crippen molar-refractivity contribution < 1.29 is 0 Å². The Kier molecular flexibility index (Phi) is 6.71. The lowest BCUT2D eigenvalue weighted by Gasteiger charge is -2.41. The zero-order valence-electron chi connectivity index (χ0n) is 12.1. The number of hydrogen-bond acceptors (Lipinski definition) is 0. The Morgan fingerprint density at radius 3 is 1.88 bits per heavy atom. The Morgan fingerprint density at radius 2 is 1.44 bits per heavy atom. The van der Waals surface area contributed by atoms with Crippen LogP contribution in [0, 0.1) is 10.8 Å². The normalized spacial score (nSPS) is 17.1. The second-order valence-electron chi connectivity index (χ2n) is 5.99. The van der Waals surface area contributed by atoms with E-state index in [1.54, 1.807) is 0 Å². The van der Waals surface area contributed by atoms with Crippen LogP contribution in [0.2, 0.25) is 0 Å². The fraction of sp³-hybridized carbons (Fsp3) is 0.750. The molecule has 0 saturated carbocycles. The third-order valence-electron chi connectivity index (χ3n) is 4.06. The van der Waals surface area contributed by atoms with Gasteiger partial charge in [-0.1, -0.05) is 58.9 Å². The van der Waals surface area contributed by atoms with Gasteiger partial charge in [0.1, 0.15) is 0 Å². The molecule has 0 aromatic carbocycles. The SMILES string of the molecule is CC=CCCC=CCC(C)(CC)C(C)(C)C. The van der Waals surface area contributed by atoms with Crippen LogP contribution < -0.4 is 0 Å². The Morgan fingerprint density at radius 1 is 0.875 bits per heavy atom. The highest BCUT2D eigenvalue weighted by Gasteiger charge is 2.34. The molecule has 1 unspecified atom stereocenters. The summed E-state index contributed by atoms with van der Waals surface area (Å²) < 4.78 is 0. The molecule has 0 radical (unpaired) electrons. The van der Waals surface area contributed by atoms with Gasteiger partial charge >= 0.3 is 0 Å². The van der Waals surface area contributed by atoms with Crippen molar-refractivity contribution in [1.29, 1.82) is 0 Å². The second-order valence-corrected chi connectivity index (χ2v) is 5.99. The maximum absolute atomic E-state index is 2.41. The van der Waals surface area contributed by atoms with E-state index in [0.717, 1.165) is 0 Å². The second kappa shape index (κ2) is 6.93. The van der Waals surface area contributed by atoms with Gasteiger partial charge in [0.25, 0.3) is 0 Å². The quantitative estimate of drug-likeness (QED) is 0.396. The highest BCUT2D eigenvalue weighted by atomic mass is 14.4. The van der Waals surface area contributed by atoms with Crippen LogP contribution in [0.15, 0.2) is 24.3 Å². The van der Waals surface area contributed by atoms with Crippen LogP contribution in [-0.4, -0.2) is 0 Å². The van der Waals surface area contributed by atoms with Gasteiger partial charge < -0.3 is 0 Å². The number of hydrogen-bond donors (Lipinski definition) is 0. The van der Waals surface area contributed by atoms with E-state index in [1.807, 2.05) is 0 Å². The topological polar surface area (TPSA) is 0 Å². The molecule has 0 bridgehead atoms. The first-order chi connectivity index (χ1) is 7.37. The minimum absolute atomic E-state index is 0.384. The van der Waals surface area contributed by atoms with Gasteiger partial charge in [-0.15, -0.1) is 0 Å². The van der Waals surface area contributed by atoms with Crippen molar-refractivity contribution in [3.8, 4) is 0 Å². The largest absolute Gasteiger partial charge is 0.0917 e. The molecule has 0 aromatic heterocycles. The van der Waals surface area contributed by atoms with E-state index in [-0.39, 0.29) is 0 Å². The fourth-order valence-corrected chi connectivity index (χ4v) is 1.80. The van der Waals surface area contributed by atoms with Crippen molar-refractivity contribution in [2.45, 2.75) is 67.2 Å².